The minimum absolute atomic E-state index is 0.0271. The number of carbonyl (C=O) groups excluding carboxylic acids is 1. The molecule has 0 spiro atoms. The number of halogens is 1. The van der Waals surface area contributed by atoms with Crippen LogP contribution in [0.3, 0.4) is 0 Å². The van der Waals surface area contributed by atoms with Gasteiger partial charge in [-0.05, 0) is 48.7 Å². The van der Waals surface area contributed by atoms with Crippen LogP contribution in [-0.2, 0) is 4.79 Å². The van der Waals surface area contributed by atoms with E-state index in [1.54, 1.807) is 11.8 Å². The predicted molar refractivity (Wildman–Crippen MR) is 120 cm³/mol. The molecule has 0 bridgehead atoms. The Morgan fingerprint density at radius 2 is 1.83 bits per heavy atom. The third-order valence-electron chi connectivity index (χ3n) is 5.69. The van der Waals surface area contributed by atoms with Gasteiger partial charge in [-0.2, -0.15) is 5.10 Å². The Labute approximate surface area is 182 Å². The average molecular weight is 424 g/mol. The first kappa shape index (κ1) is 20.5. The third kappa shape index (κ3) is 4.85. The van der Waals surface area contributed by atoms with E-state index in [0.717, 1.165) is 29.1 Å². The fourth-order valence-electron chi connectivity index (χ4n) is 3.99. The lowest BCUT2D eigenvalue weighted by Gasteiger charge is -2.11. The van der Waals surface area contributed by atoms with Crippen molar-refractivity contribution in [3.8, 4) is 22.7 Å². The molecule has 1 saturated carbocycles. The van der Waals surface area contributed by atoms with Gasteiger partial charge < -0.3 is 10.1 Å². The van der Waals surface area contributed by atoms with E-state index in [2.05, 4.69) is 5.32 Å². The number of anilines is 1. The van der Waals surface area contributed by atoms with Crippen molar-refractivity contribution in [3.63, 3.8) is 0 Å². The van der Waals surface area contributed by atoms with Crippen LogP contribution in [-0.4, -0.2) is 22.8 Å². The molecule has 0 aliphatic heterocycles. The highest BCUT2D eigenvalue weighted by Crippen LogP contribution is 2.30. The first-order chi connectivity index (χ1) is 14.6. The molecule has 2 aromatic carbocycles. The molecule has 0 unspecified atom stereocenters. The van der Waals surface area contributed by atoms with Crippen LogP contribution < -0.4 is 10.1 Å². The number of hydrogen-bond donors (Lipinski definition) is 1. The SMILES string of the molecule is COc1ccc(-n2nc(-c3ccc(Cl)cc3)cc2NC(=O)CCC2CCCC2)cc1. The topological polar surface area (TPSA) is 56.1 Å². The van der Waals surface area contributed by atoms with Crippen LogP contribution in [0.15, 0.2) is 54.6 Å². The van der Waals surface area contributed by atoms with Crippen LogP contribution >= 0.6 is 11.6 Å². The molecule has 1 fully saturated rings. The van der Waals surface area contributed by atoms with Gasteiger partial charge in [-0.1, -0.05) is 49.4 Å². The number of benzene rings is 2. The second-order valence-corrected chi connectivity index (χ2v) is 8.21. The van der Waals surface area contributed by atoms with Crippen LogP contribution in [0.4, 0.5) is 5.82 Å². The van der Waals surface area contributed by atoms with E-state index < -0.39 is 0 Å². The van der Waals surface area contributed by atoms with Gasteiger partial charge >= 0.3 is 0 Å². The standard InChI is InChI=1S/C24H26ClN3O2/c1-30-21-13-11-20(12-14-21)28-23(26-24(29)15-6-17-4-2-3-5-17)16-22(27-28)18-7-9-19(25)10-8-18/h7-14,16-17H,2-6,15H2,1H3,(H,26,29). The number of rotatable bonds is 7. The Morgan fingerprint density at radius 3 is 2.50 bits per heavy atom. The minimum atomic E-state index is 0.0271. The summed E-state index contributed by atoms with van der Waals surface area (Å²) in [7, 11) is 1.64. The number of carbonyl (C=O) groups is 1. The van der Waals surface area contributed by atoms with Crippen molar-refractivity contribution < 1.29 is 9.53 Å². The highest BCUT2D eigenvalue weighted by atomic mass is 35.5. The first-order valence-electron chi connectivity index (χ1n) is 10.4. The molecule has 5 nitrogen and oxygen atoms in total. The highest BCUT2D eigenvalue weighted by Gasteiger charge is 2.18. The molecule has 156 valence electrons. The van der Waals surface area contributed by atoms with Gasteiger partial charge in [0.15, 0.2) is 0 Å². The van der Waals surface area contributed by atoms with Crippen LogP contribution in [0.25, 0.3) is 16.9 Å². The number of amides is 1. The van der Waals surface area contributed by atoms with E-state index in [0.29, 0.717) is 23.2 Å². The number of nitrogens with zero attached hydrogens (tertiary/aromatic N) is 2. The zero-order valence-corrected chi connectivity index (χ0v) is 17.9. The monoisotopic (exact) mass is 423 g/mol. The smallest absolute Gasteiger partial charge is 0.225 e. The van der Waals surface area contributed by atoms with Crippen LogP contribution in [0.2, 0.25) is 5.02 Å². The Kier molecular flexibility index (Phi) is 6.38. The van der Waals surface area contributed by atoms with Crippen molar-refractivity contribution in [2.75, 3.05) is 12.4 Å². The van der Waals surface area contributed by atoms with Crippen molar-refractivity contribution in [2.24, 2.45) is 5.92 Å². The molecule has 1 amide bonds. The van der Waals surface area contributed by atoms with E-state index in [4.69, 9.17) is 21.4 Å². The lowest BCUT2D eigenvalue weighted by atomic mass is 10.0. The second kappa shape index (κ2) is 9.35. The molecule has 1 aliphatic rings. The summed E-state index contributed by atoms with van der Waals surface area (Å²) < 4.78 is 7.02. The maximum Gasteiger partial charge on any atom is 0.225 e. The van der Waals surface area contributed by atoms with Crippen molar-refractivity contribution in [1.82, 2.24) is 9.78 Å². The molecule has 1 heterocycles. The van der Waals surface area contributed by atoms with Crippen LogP contribution in [0.5, 0.6) is 5.75 Å². The predicted octanol–water partition coefficient (Wildman–Crippen LogP) is 6.11. The molecular weight excluding hydrogens is 398 g/mol. The Balaban J connectivity index is 1.58. The molecule has 30 heavy (non-hydrogen) atoms. The second-order valence-electron chi connectivity index (χ2n) is 7.77. The molecule has 4 rings (SSSR count). The summed E-state index contributed by atoms with van der Waals surface area (Å²) in [5.41, 5.74) is 2.56. The number of methoxy groups -OCH3 is 1. The van der Waals surface area contributed by atoms with Crippen molar-refractivity contribution in [3.05, 3.63) is 59.6 Å². The number of nitrogens with one attached hydrogen (secondary N) is 1. The molecule has 0 atom stereocenters. The van der Waals surface area contributed by atoms with Crippen LogP contribution in [0.1, 0.15) is 38.5 Å². The molecule has 1 aromatic heterocycles. The van der Waals surface area contributed by atoms with Gasteiger partial charge in [0.25, 0.3) is 0 Å². The summed E-state index contributed by atoms with van der Waals surface area (Å²) in [6, 6.07) is 17.0. The lowest BCUT2D eigenvalue weighted by molar-refractivity contribution is -0.116. The average Bonchev–Trinajstić information content (AvgIpc) is 3.43. The molecule has 0 radical (unpaired) electrons. The van der Waals surface area contributed by atoms with Crippen molar-refractivity contribution in [2.45, 2.75) is 38.5 Å². The van der Waals surface area contributed by atoms with Gasteiger partial charge in [-0.25, -0.2) is 4.68 Å². The fraction of sp³-hybridized carbons (Fsp3) is 0.333. The number of hydrogen-bond acceptors (Lipinski definition) is 3. The van der Waals surface area contributed by atoms with E-state index in [1.165, 1.54) is 25.7 Å². The Hall–Kier alpha value is -2.79. The van der Waals surface area contributed by atoms with Crippen molar-refractivity contribution >= 4 is 23.3 Å². The van der Waals surface area contributed by atoms with Gasteiger partial charge in [0, 0.05) is 23.1 Å². The summed E-state index contributed by atoms with van der Waals surface area (Å²) in [4.78, 5) is 12.7. The molecule has 6 heteroatoms. The third-order valence-corrected chi connectivity index (χ3v) is 5.94. The lowest BCUT2D eigenvalue weighted by Crippen LogP contribution is -2.15. The zero-order chi connectivity index (χ0) is 20.9. The van der Waals surface area contributed by atoms with E-state index in [1.807, 2.05) is 54.6 Å². The zero-order valence-electron chi connectivity index (χ0n) is 17.1. The summed E-state index contributed by atoms with van der Waals surface area (Å²) >= 11 is 6.02. The summed E-state index contributed by atoms with van der Waals surface area (Å²) in [6.07, 6.45) is 6.57. The molecule has 3 aromatic rings. The summed E-state index contributed by atoms with van der Waals surface area (Å²) in [6.45, 7) is 0. The minimum Gasteiger partial charge on any atom is -0.497 e. The maximum absolute atomic E-state index is 12.7. The number of aromatic nitrogens is 2. The van der Waals surface area contributed by atoms with E-state index >= 15 is 0 Å². The Morgan fingerprint density at radius 1 is 1.13 bits per heavy atom. The van der Waals surface area contributed by atoms with Gasteiger partial charge in [-0.15, -0.1) is 0 Å². The van der Waals surface area contributed by atoms with E-state index in [-0.39, 0.29) is 5.91 Å². The quantitative estimate of drug-likeness (QED) is 0.498. The normalized spacial score (nSPS) is 14.1. The molecular formula is C24H26ClN3O2. The highest BCUT2D eigenvalue weighted by molar-refractivity contribution is 6.30. The van der Waals surface area contributed by atoms with E-state index in [9.17, 15) is 4.79 Å². The van der Waals surface area contributed by atoms with Crippen molar-refractivity contribution in [1.29, 1.82) is 0 Å². The van der Waals surface area contributed by atoms with Gasteiger partial charge in [0.05, 0.1) is 18.5 Å². The fourth-order valence-corrected chi connectivity index (χ4v) is 4.12. The van der Waals surface area contributed by atoms with Gasteiger partial charge in [0.2, 0.25) is 5.91 Å². The van der Waals surface area contributed by atoms with Gasteiger partial charge in [-0.3, -0.25) is 4.79 Å². The largest absolute Gasteiger partial charge is 0.497 e. The maximum atomic E-state index is 12.7. The molecule has 0 saturated heterocycles. The number of ether oxygens (including phenoxy) is 1. The molecule has 1 aliphatic carbocycles. The summed E-state index contributed by atoms with van der Waals surface area (Å²) in [5.74, 6) is 2.14. The first-order valence-corrected chi connectivity index (χ1v) is 10.8. The van der Waals surface area contributed by atoms with Crippen LogP contribution in [0, 0.1) is 5.92 Å². The summed E-state index contributed by atoms with van der Waals surface area (Å²) in [5, 5.41) is 8.49. The van der Waals surface area contributed by atoms with Gasteiger partial charge in [0.1, 0.15) is 11.6 Å². The Bertz CT molecular complexity index is 990. The molecule has 1 N–H and O–H groups in total.